The van der Waals surface area contributed by atoms with E-state index in [9.17, 15) is 14.0 Å². The molecular weight excluding hydrogens is 325 g/mol. The van der Waals surface area contributed by atoms with Crippen LogP contribution in [0.15, 0.2) is 34.9 Å². The van der Waals surface area contributed by atoms with E-state index in [1.54, 1.807) is 34.9 Å². The molecule has 6 nitrogen and oxygen atoms in total. The molecule has 1 aliphatic rings. The standard InChI is InChI=1S/C18H20FN3O3/c1-13-10-16(25-20-13)18(24)22-7-3-6-21(8-9-22)17(23)12-14-4-2-5-15(19)11-14/h2,4-5,10-11H,3,6-9,12H2,1H3. The fourth-order valence-electron chi connectivity index (χ4n) is 2.92. The second kappa shape index (κ2) is 7.46. The lowest BCUT2D eigenvalue weighted by atomic mass is 10.1. The molecule has 2 aromatic rings. The summed E-state index contributed by atoms with van der Waals surface area (Å²) in [5.41, 5.74) is 1.31. The second-order valence-corrected chi connectivity index (χ2v) is 6.17. The van der Waals surface area contributed by atoms with Gasteiger partial charge in [-0.1, -0.05) is 17.3 Å². The molecule has 0 bridgehead atoms. The minimum absolute atomic E-state index is 0.0598. The van der Waals surface area contributed by atoms with Crippen molar-refractivity contribution in [2.24, 2.45) is 0 Å². The fraction of sp³-hybridized carbons (Fsp3) is 0.389. The normalized spacial score (nSPS) is 15.1. The van der Waals surface area contributed by atoms with E-state index >= 15 is 0 Å². The highest BCUT2D eigenvalue weighted by atomic mass is 19.1. The molecule has 0 aliphatic carbocycles. The van der Waals surface area contributed by atoms with Crippen molar-refractivity contribution in [3.05, 3.63) is 53.2 Å². The molecule has 0 saturated carbocycles. The molecule has 1 aromatic carbocycles. The molecule has 0 atom stereocenters. The van der Waals surface area contributed by atoms with Crippen LogP contribution in [0.4, 0.5) is 4.39 Å². The van der Waals surface area contributed by atoms with Gasteiger partial charge in [0, 0.05) is 32.2 Å². The highest BCUT2D eigenvalue weighted by Crippen LogP contribution is 2.12. The molecular formula is C18H20FN3O3. The number of aromatic nitrogens is 1. The molecule has 0 N–H and O–H groups in total. The van der Waals surface area contributed by atoms with E-state index < -0.39 is 0 Å². The second-order valence-electron chi connectivity index (χ2n) is 6.17. The molecule has 1 saturated heterocycles. The van der Waals surface area contributed by atoms with Crippen molar-refractivity contribution in [1.29, 1.82) is 0 Å². The van der Waals surface area contributed by atoms with Crippen molar-refractivity contribution >= 4 is 11.8 Å². The van der Waals surface area contributed by atoms with Crippen LogP contribution >= 0.6 is 0 Å². The zero-order chi connectivity index (χ0) is 17.8. The summed E-state index contributed by atoms with van der Waals surface area (Å²) in [7, 11) is 0. The minimum atomic E-state index is -0.347. The van der Waals surface area contributed by atoms with Crippen molar-refractivity contribution in [3.8, 4) is 0 Å². The Balaban J connectivity index is 1.59. The fourth-order valence-corrected chi connectivity index (χ4v) is 2.92. The molecule has 2 heterocycles. The molecule has 0 spiro atoms. The Hall–Kier alpha value is -2.70. The minimum Gasteiger partial charge on any atom is -0.351 e. The van der Waals surface area contributed by atoms with Gasteiger partial charge in [-0.2, -0.15) is 0 Å². The Kier molecular flexibility index (Phi) is 5.11. The van der Waals surface area contributed by atoms with E-state index in [2.05, 4.69) is 5.16 Å². The summed E-state index contributed by atoms with van der Waals surface area (Å²) in [6.45, 7) is 3.78. The first-order chi connectivity index (χ1) is 12.0. The summed E-state index contributed by atoms with van der Waals surface area (Å²) >= 11 is 0. The zero-order valence-electron chi connectivity index (χ0n) is 14.1. The number of nitrogens with zero attached hydrogens (tertiary/aromatic N) is 3. The lowest BCUT2D eigenvalue weighted by Crippen LogP contribution is -2.37. The molecule has 132 valence electrons. The van der Waals surface area contributed by atoms with Gasteiger partial charge < -0.3 is 14.3 Å². The van der Waals surface area contributed by atoms with E-state index in [1.807, 2.05) is 0 Å². The first kappa shape index (κ1) is 17.1. The third kappa shape index (κ3) is 4.23. The molecule has 1 aromatic heterocycles. The maximum atomic E-state index is 13.2. The van der Waals surface area contributed by atoms with Crippen LogP contribution in [0.25, 0.3) is 0 Å². The highest BCUT2D eigenvalue weighted by Gasteiger charge is 2.25. The number of amides is 2. The number of aryl methyl sites for hydroxylation is 1. The topological polar surface area (TPSA) is 66.7 Å². The van der Waals surface area contributed by atoms with Crippen LogP contribution in [0.1, 0.15) is 28.2 Å². The monoisotopic (exact) mass is 345 g/mol. The summed E-state index contributed by atoms with van der Waals surface area (Å²) < 4.78 is 18.3. The van der Waals surface area contributed by atoms with Gasteiger partial charge in [-0.25, -0.2) is 4.39 Å². The van der Waals surface area contributed by atoms with E-state index in [-0.39, 0.29) is 29.8 Å². The molecule has 0 unspecified atom stereocenters. The molecule has 2 amide bonds. The van der Waals surface area contributed by atoms with Gasteiger partial charge in [0.05, 0.1) is 12.1 Å². The quantitative estimate of drug-likeness (QED) is 0.854. The summed E-state index contributed by atoms with van der Waals surface area (Å²) in [6.07, 6.45) is 0.848. The number of benzene rings is 1. The lowest BCUT2D eigenvalue weighted by Gasteiger charge is -2.21. The van der Waals surface area contributed by atoms with Gasteiger partial charge in [0.2, 0.25) is 11.7 Å². The van der Waals surface area contributed by atoms with Crippen LogP contribution in [0.2, 0.25) is 0 Å². The maximum absolute atomic E-state index is 13.2. The summed E-state index contributed by atoms with van der Waals surface area (Å²) in [5.74, 6) is -0.396. The number of halogens is 1. The average Bonchev–Trinajstić information content (AvgIpc) is 2.87. The van der Waals surface area contributed by atoms with Gasteiger partial charge in [0.25, 0.3) is 5.91 Å². The Morgan fingerprint density at radius 1 is 1.16 bits per heavy atom. The van der Waals surface area contributed by atoms with Crippen LogP contribution in [-0.4, -0.2) is 52.9 Å². The Morgan fingerprint density at radius 3 is 2.64 bits per heavy atom. The number of rotatable bonds is 3. The first-order valence-electron chi connectivity index (χ1n) is 8.28. The summed E-state index contributed by atoms with van der Waals surface area (Å²) in [4.78, 5) is 28.3. The van der Waals surface area contributed by atoms with Gasteiger partial charge in [-0.3, -0.25) is 9.59 Å². The molecule has 7 heteroatoms. The Bertz CT molecular complexity index is 774. The van der Waals surface area contributed by atoms with Crippen molar-refractivity contribution < 1.29 is 18.5 Å². The predicted octanol–water partition coefficient (Wildman–Crippen LogP) is 2.04. The SMILES string of the molecule is Cc1cc(C(=O)N2CCCN(C(=O)Cc3cccc(F)c3)CC2)on1. The maximum Gasteiger partial charge on any atom is 0.292 e. The van der Waals surface area contributed by atoms with Crippen molar-refractivity contribution in [2.75, 3.05) is 26.2 Å². The van der Waals surface area contributed by atoms with Crippen LogP contribution in [0.5, 0.6) is 0 Å². The largest absolute Gasteiger partial charge is 0.351 e. The van der Waals surface area contributed by atoms with Gasteiger partial charge in [-0.05, 0) is 31.0 Å². The van der Waals surface area contributed by atoms with Gasteiger partial charge in [-0.15, -0.1) is 0 Å². The van der Waals surface area contributed by atoms with Crippen LogP contribution in [0, 0.1) is 12.7 Å². The van der Waals surface area contributed by atoms with E-state index in [4.69, 9.17) is 4.52 Å². The molecule has 3 rings (SSSR count). The summed E-state index contributed by atoms with van der Waals surface area (Å²) in [5, 5.41) is 3.74. The Labute approximate surface area is 145 Å². The van der Waals surface area contributed by atoms with Gasteiger partial charge >= 0.3 is 0 Å². The highest BCUT2D eigenvalue weighted by molar-refractivity contribution is 5.91. The molecule has 1 fully saturated rings. The summed E-state index contributed by atoms with van der Waals surface area (Å²) in [6, 6.07) is 7.67. The zero-order valence-corrected chi connectivity index (χ0v) is 14.1. The van der Waals surface area contributed by atoms with E-state index in [0.717, 1.165) is 0 Å². The number of carbonyl (C=O) groups excluding carboxylic acids is 2. The van der Waals surface area contributed by atoms with Gasteiger partial charge in [0.15, 0.2) is 0 Å². The van der Waals surface area contributed by atoms with Crippen molar-refractivity contribution in [3.63, 3.8) is 0 Å². The van der Waals surface area contributed by atoms with Crippen molar-refractivity contribution in [2.45, 2.75) is 19.8 Å². The Morgan fingerprint density at radius 2 is 1.92 bits per heavy atom. The van der Waals surface area contributed by atoms with Crippen LogP contribution in [0.3, 0.4) is 0 Å². The third-order valence-electron chi connectivity index (χ3n) is 4.22. The number of carbonyl (C=O) groups is 2. The molecule has 25 heavy (non-hydrogen) atoms. The average molecular weight is 345 g/mol. The van der Waals surface area contributed by atoms with Crippen molar-refractivity contribution in [1.82, 2.24) is 15.0 Å². The number of hydrogen-bond acceptors (Lipinski definition) is 4. The van der Waals surface area contributed by atoms with Crippen LogP contribution < -0.4 is 0 Å². The number of hydrogen-bond donors (Lipinski definition) is 0. The first-order valence-corrected chi connectivity index (χ1v) is 8.28. The van der Waals surface area contributed by atoms with Crippen LogP contribution in [-0.2, 0) is 11.2 Å². The molecule has 0 radical (unpaired) electrons. The van der Waals surface area contributed by atoms with E-state index in [0.29, 0.717) is 43.9 Å². The lowest BCUT2D eigenvalue weighted by molar-refractivity contribution is -0.130. The smallest absolute Gasteiger partial charge is 0.292 e. The predicted molar refractivity (Wildman–Crippen MR) is 88.4 cm³/mol. The third-order valence-corrected chi connectivity index (χ3v) is 4.22. The van der Waals surface area contributed by atoms with E-state index in [1.165, 1.54) is 12.1 Å². The molecule has 1 aliphatic heterocycles. The van der Waals surface area contributed by atoms with Gasteiger partial charge in [0.1, 0.15) is 5.82 Å².